The second kappa shape index (κ2) is 5.58. The van der Waals surface area contributed by atoms with Gasteiger partial charge in [0.1, 0.15) is 4.75 Å². The Kier molecular flexibility index (Phi) is 4.42. The molecule has 1 amide bonds. The first kappa shape index (κ1) is 15.1. The van der Waals surface area contributed by atoms with Crippen molar-refractivity contribution in [2.75, 3.05) is 0 Å². The number of thiophene rings is 1. The number of rotatable bonds is 3. The van der Waals surface area contributed by atoms with Gasteiger partial charge in [-0.2, -0.15) is 0 Å². The average molecular weight is 361 g/mol. The molecule has 6 heteroatoms. The lowest BCUT2D eigenvalue weighted by Gasteiger charge is -2.22. The summed E-state index contributed by atoms with van der Waals surface area (Å²) in [7, 11) is 0. The van der Waals surface area contributed by atoms with Crippen LogP contribution in [0.15, 0.2) is 20.9 Å². The quantitative estimate of drug-likeness (QED) is 0.877. The van der Waals surface area contributed by atoms with Crippen LogP contribution in [0.25, 0.3) is 0 Å². The standard InChI is InChI=1S/C13H17BrN2OS2/c1-7(2)13(4)11(17)16-12(19-13)15-8(3)9-5-6-10(14)18-9/h5-8H,1-4H3,(H,15,16,17)/t8?,13-/m1/s1. The Hall–Kier alpha value is -0.330. The maximum absolute atomic E-state index is 12.1. The molecule has 2 heterocycles. The molecule has 0 aromatic carbocycles. The van der Waals surface area contributed by atoms with E-state index < -0.39 is 4.75 Å². The van der Waals surface area contributed by atoms with E-state index in [1.54, 1.807) is 23.1 Å². The minimum absolute atomic E-state index is 0.0609. The van der Waals surface area contributed by atoms with Crippen LogP contribution in [-0.2, 0) is 4.79 Å². The maximum atomic E-state index is 12.1. The molecule has 1 unspecified atom stereocenters. The monoisotopic (exact) mass is 360 g/mol. The molecule has 0 radical (unpaired) electrons. The minimum atomic E-state index is -0.408. The molecule has 1 fully saturated rings. The summed E-state index contributed by atoms with van der Waals surface area (Å²) in [5.41, 5.74) is 0. The lowest BCUT2D eigenvalue weighted by molar-refractivity contribution is -0.122. The maximum Gasteiger partial charge on any atom is 0.242 e. The van der Waals surface area contributed by atoms with Gasteiger partial charge in [0.2, 0.25) is 5.91 Å². The second-order valence-electron chi connectivity index (χ2n) is 5.07. The Labute approximate surface area is 130 Å². The predicted octanol–water partition coefficient (Wildman–Crippen LogP) is 4.21. The van der Waals surface area contributed by atoms with Crippen LogP contribution >= 0.6 is 39.0 Å². The Morgan fingerprint density at radius 3 is 2.53 bits per heavy atom. The molecule has 0 spiro atoms. The third kappa shape index (κ3) is 3.06. The van der Waals surface area contributed by atoms with E-state index in [1.807, 2.05) is 19.9 Å². The lowest BCUT2D eigenvalue weighted by atomic mass is 9.96. The van der Waals surface area contributed by atoms with Crippen LogP contribution in [0.3, 0.4) is 0 Å². The number of carbonyl (C=O) groups is 1. The van der Waals surface area contributed by atoms with Crippen LogP contribution < -0.4 is 5.32 Å². The first-order valence-corrected chi connectivity index (χ1v) is 8.59. The fourth-order valence-electron chi connectivity index (χ4n) is 1.72. The molecule has 0 bridgehead atoms. The van der Waals surface area contributed by atoms with Gasteiger partial charge >= 0.3 is 0 Å². The van der Waals surface area contributed by atoms with Crippen molar-refractivity contribution in [3.05, 3.63) is 20.8 Å². The van der Waals surface area contributed by atoms with E-state index >= 15 is 0 Å². The SMILES string of the molecule is CC(N=C1NC(=O)[C@@](C)(C(C)C)S1)c1ccc(Br)s1. The Bertz CT molecular complexity index is 526. The highest BCUT2D eigenvalue weighted by atomic mass is 79.9. The first-order valence-electron chi connectivity index (χ1n) is 6.16. The van der Waals surface area contributed by atoms with Crippen molar-refractivity contribution in [1.29, 1.82) is 0 Å². The van der Waals surface area contributed by atoms with Crippen molar-refractivity contribution in [3.63, 3.8) is 0 Å². The second-order valence-corrected chi connectivity index (χ2v) is 9.00. The third-order valence-electron chi connectivity index (χ3n) is 3.40. The first-order chi connectivity index (χ1) is 8.83. The molecule has 2 rings (SSSR count). The summed E-state index contributed by atoms with van der Waals surface area (Å²) in [6.45, 7) is 8.15. The Morgan fingerprint density at radius 2 is 2.05 bits per heavy atom. The molecule has 1 N–H and O–H groups in total. The molecule has 0 aliphatic carbocycles. The minimum Gasteiger partial charge on any atom is -0.304 e. The smallest absolute Gasteiger partial charge is 0.242 e. The number of amidine groups is 1. The zero-order valence-corrected chi connectivity index (χ0v) is 14.6. The summed E-state index contributed by atoms with van der Waals surface area (Å²) in [6, 6.07) is 4.15. The van der Waals surface area contributed by atoms with Crippen molar-refractivity contribution < 1.29 is 4.79 Å². The third-order valence-corrected chi connectivity index (χ3v) is 6.67. The molecule has 1 aromatic heterocycles. The van der Waals surface area contributed by atoms with Gasteiger partial charge in [0.05, 0.1) is 9.83 Å². The van der Waals surface area contributed by atoms with E-state index in [0.717, 1.165) is 8.95 Å². The van der Waals surface area contributed by atoms with E-state index in [2.05, 4.69) is 46.2 Å². The van der Waals surface area contributed by atoms with Crippen LogP contribution in [0.5, 0.6) is 0 Å². The van der Waals surface area contributed by atoms with Crippen molar-refractivity contribution >= 4 is 50.1 Å². The number of hydrogen-bond acceptors (Lipinski definition) is 4. The topological polar surface area (TPSA) is 41.5 Å². The molecule has 2 atom stereocenters. The normalized spacial score (nSPS) is 27.1. The number of halogens is 1. The molecule has 1 aromatic rings. The highest BCUT2D eigenvalue weighted by Gasteiger charge is 2.45. The van der Waals surface area contributed by atoms with Crippen molar-refractivity contribution in [2.45, 2.75) is 38.5 Å². The molecule has 1 aliphatic rings. The van der Waals surface area contributed by atoms with E-state index in [9.17, 15) is 4.79 Å². The van der Waals surface area contributed by atoms with Gasteiger partial charge < -0.3 is 5.32 Å². The Balaban J connectivity index is 2.16. The fourth-order valence-corrected chi connectivity index (χ4v) is 4.27. The molecule has 19 heavy (non-hydrogen) atoms. The van der Waals surface area contributed by atoms with E-state index in [0.29, 0.717) is 0 Å². The van der Waals surface area contributed by atoms with Gasteiger partial charge in [-0.15, -0.1) is 11.3 Å². The van der Waals surface area contributed by atoms with Crippen LogP contribution in [0.4, 0.5) is 0 Å². The van der Waals surface area contributed by atoms with Gasteiger partial charge in [-0.1, -0.05) is 25.6 Å². The molecular formula is C13H17BrN2OS2. The molecule has 104 valence electrons. The van der Waals surface area contributed by atoms with Gasteiger partial charge in [0.25, 0.3) is 0 Å². The van der Waals surface area contributed by atoms with Crippen LogP contribution in [-0.4, -0.2) is 15.8 Å². The predicted molar refractivity (Wildman–Crippen MR) is 86.8 cm³/mol. The van der Waals surface area contributed by atoms with Crippen molar-refractivity contribution in [2.24, 2.45) is 10.9 Å². The summed E-state index contributed by atoms with van der Waals surface area (Å²) in [4.78, 5) is 17.9. The summed E-state index contributed by atoms with van der Waals surface area (Å²) in [6.07, 6.45) is 0. The molecule has 3 nitrogen and oxygen atoms in total. The highest BCUT2D eigenvalue weighted by molar-refractivity contribution is 9.11. The summed E-state index contributed by atoms with van der Waals surface area (Å²) < 4.78 is 0.693. The fraction of sp³-hybridized carbons (Fsp3) is 0.538. The number of carbonyl (C=O) groups excluding carboxylic acids is 1. The number of thioether (sulfide) groups is 1. The van der Waals surface area contributed by atoms with Crippen LogP contribution in [0.2, 0.25) is 0 Å². The van der Waals surface area contributed by atoms with Crippen LogP contribution in [0, 0.1) is 5.92 Å². The molecular weight excluding hydrogens is 344 g/mol. The number of nitrogens with zero attached hydrogens (tertiary/aromatic N) is 1. The van der Waals surface area contributed by atoms with Gasteiger partial charge in [0.15, 0.2) is 5.17 Å². The Morgan fingerprint density at radius 1 is 1.37 bits per heavy atom. The van der Waals surface area contributed by atoms with Crippen molar-refractivity contribution in [3.8, 4) is 0 Å². The summed E-state index contributed by atoms with van der Waals surface area (Å²) in [5, 5.41) is 3.63. The number of nitrogens with one attached hydrogen (secondary N) is 1. The average Bonchev–Trinajstić information content (AvgIpc) is 2.85. The van der Waals surface area contributed by atoms with E-state index in [1.165, 1.54) is 4.88 Å². The summed E-state index contributed by atoms with van der Waals surface area (Å²) >= 11 is 6.67. The van der Waals surface area contributed by atoms with Gasteiger partial charge in [-0.3, -0.25) is 9.79 Å². The van der Waals surface area contributed by atoms with Gasteiger partial charge in [-0.05, 0) is 47.8 Å². The zero-order valence-electron chi connectivity index (χ0n) is 11.4. The van der Waals surface area contributed by atoms with Gasteiger partial charge in [-0.25, -0.2) is 0 Å². The van der Waals surface area contributed by atoms with E-state index in [-0.39, 0.29) is 17.9 Å². The molecule has 1 aliphatic heterocycles. The van der Waals surface area contributed by atoms with Crippen LogP contribution in [0.1, 0.15) is 38.6 Å². The molecule has 1 saturated heterocycles. The van der Waals surface area contributed by atoms with Gasteiger partial charge in [0, 0.05) is 4.88 Å². The molecule has 0 saturated carbocycles. The highest BCUT2D eigenvalue weighted by Crippen LogP contribution is 2.39. The number of hydrogen-bond donors (Lipinski definition) is 1. The largest absolute Gasteiger partial charge is 0.304 e. The zero-order chi connectivity index (χ0) is 14.2. The lowest BCUT2D eigenvalue weighted by Crippen LogP contribution is -2.38. The number of aliphatic imine (C=N–C) groups is 1. The number of amides is 1. The van der Waals surface area contributed by atoms with E-state index in [4.69, 9.17) is 0 Å². The van der Waals surface area contributed by atoms with Crippen molar-refractivity contribution in [1.82, 2.24) is 5.32 Å². The summed E-state index contributed by atoms with van der Waals surface area (Å²) in [5.74, 6) is 0.335.